The number of aromatic nitrogens is 3. The lowest BCUT2D eigenvalue weighted by atomic mass is 9.90. The molecule has 1 amide bonds. The normalized spacial score (nSPS) is 17.1. The third-order valence-corrected chi connectivity index (χ3v) is 5.18. The SMILES string of the molecule is Cc1ccc(-c2cn[nH]c2C2CCCN(C(=O)c3ccc(N)nc3)C2)cc1. The minimum Gasteiger partial charge on any atom is -0.384 e. The molecule has 0 bridgehead atoms. The molecule has 1 atom stereocenters. The van der Waals surface area contributed by atoms with Crippen LogP contribution < -0.4 is 5.73 Å². The molecule has 2 aromatic heterocycles. The van der Waals surface area contributed by atoms with Gasteiger partial charge in [0.25, 0.3) is 5.91 Å². The number of aryl methyl sites for hydroxylation is 1. The third kappa shape index (κ3) is 3.56. The zero-order valence-electron chi connectivity index (χ0n) is 15.4. The molecule has 6 heteroatoms. The quantitative estimate of drug-likeness (QED) is 0.748. The predicted octanol–water partition coefficient (Wildman–Crippen LogP) is 3.38. The molecule has 4 rings (SSSR count). The van der Waals surface area contributed by atoms with Crippen molar-refractivity contribution in [2.45, 2.75) is 25.7 Å². The molecule has 0 aliphatic carbocycles. The summed E-state index contributed by atoms with van der Waals surface area (Å²) in [7, 11) is 0. The molecule has 6 nitrogen and oxygen atoms in total. The number of hydrogen-bond donors (Lipinski definition) is 2. The highest BCUT2D eigenvalue weighted by atomic mass is 16.2. The summed E-state index contributed by atoms with van der Waals surface area (Å²) in [6.07, 6.45) is 5.43. The van der Waals surface area contributed by atoms with E-state index >= 15 is 0 Å². The predicted molar refractivity (Wildman–Crippen MR) is 105 cm³/mol. The fraction of sp³-hybridized carbons (Fsp3) is 0.286. The average Bonchev–Trinajstić information content (AvgIpc) is 3.18. The lowest BCUT2D eigenvalue weighted by Crippen LogP contribution is -2.39. The number of likely N-dealkylation sites (tertiary alicyclic amines) is 1. The fourth-order valence-electron chi connectivity index (χ4n) is 3.68. The van der Waals surface area contributed by atoms with Crippen LogP contribution in [0, 0.1) is 6.92 Å². The van der Waals surface area contributed by atoms with Gasteiger partial charge in [-0.15, -0.1) is 0 Å². The van der Waals surface area contributed by atoms with Gasteiger partial charge in [-0.3, -0.25) is 9.89 Å². The van der Waals surface area contributed by atoms with Crippen molar-refractivity contribution in [3.05, 3.63) is 65.6 Å². The minimum absolute atomic E-state index is 0.00333. The molecule has 0 spiro atoms. The van der Waals surface area contributed by atoms with Crippen molar-refractivity contribution in [1.82, 2.24) is 20.1 Å². The summed E-state index contributed by atoms with van der Waals surface area (Å²) in [6, 6.07) is 11.9. The standard InChI is InChI=1S/C21H23N5O/c1-14-4-6-15(7-5-14)18-12-24-25-20(18)17-3-2-10-26(13-17)21(27)16-8-9-19(22)23-11-16/h4-9,11-12,17H,2-3,10,13H2,1H3,(H2,22,23)(H,24,25). The number of rotatable bonds is 3. The van der Waals surface area contributed by atoms with E-state index in [0.717, 1.165) is 36.2 Å². The highest BCUT2D eigenvalue weighted by molar-refractivity contribution is 5.94. The topological polar surface area (TPSA) is 87.9 Å². The van der Waals surface area contributed by atoms with Crippen LogP contribution in [0.3, 0.4) is 0 Å². The monoisotopic (exact) mass is 361 g/mol. The van der Waals surface area contributed by atoms with Crippen LogP contribution in [0.25, 0.3) is 11.1 Å². The first-order chi connectivity index (χ1) is 13.1. The Bertz CT molecular complexity index is 930. The van der Waals surface area contributed by atoms with E-state index in [0.29, 0.717) is 17.9 Å². The van der Waals surface area contributed by atoms with E-state index in [9.17, 15) is 4.79 Å². The number of H-pyrrole nitrogens is 1. The number of nitrogens with two attached hydrogens (primary N) is 1. The summed E-state index contributed by atoms with van der Waals surface area (Å²) in [4.78, 5) is 18.8. The Hall–Kier alpha value is -3.15. The van der Waals surface area contributed by atoms with E-state index in [-0.39, 0.29) is 11.8 Å². The highest BCUT2D eigenvalue weighted by Crippen LogP contribution is 2.33. The van der Waals surface area contributed by atoms with Gasteiger partial charge in [-0.25, -0.2) is 4.98 Å². The number of pyridine rings is 1. The van der Waals surface area contributed by atoms with E-state index in [2.05, 4.69) is 46.4 Å². The summed E-state index contributed by atoms with van der Waals surface area (Å²) in [5.41, 5.74) is 10.8. The summed E-state index contributed by atoms with van der Waals surface area (Å²) in [5, 5.41) is 7.46. The second kappa shape index (κ2) is 7.23. The van der Waals surface area contributed by atoms with Crippen molar-refractivity contribution in [2.75, 3.05) is 18.8 Å². The van der Waals surface area contributed by atoms with Crippen molar-refractivity contribution in [2.24, 2.45) is 0 Å². The van der Waals surface area contributed by atoms with Gasteiger partial charge >= 0.3 is 0 Å². The van der Waals surface area contributed by atoms with Gasteiger partial charge in [0.15, 0.2) is 0 Å². The molecule has 1 unspecified atom stereocenters. The largest absolute Gasteiger partial charge is 0.384 e. The van der Waals surface area contributed by atoms with Crippen LogP contribution in [0.4, 0.5) is 5.82 Å². The fourth-order valence-corrected chi connectivity index (χ4v) is 3.68. The molecule has 3 aromatic rings. The molecular weight excluding hydrogens is 338 g/mol. The Morgan fingerprint density at radius 1 is 1.19 bits per heavy atom. The minimum atomic E-state index is 0.00333. The molecule has 1 aliphatic rings. The summed E-state index contributed by atoms with van der Waals surface area (Å²) >= 11 is 0. The summed E-state index contributed by atoms with van der Waals surface area (Å²) in [5.74, 6) is 0.662. The first-order valence-corrected chi connectivity index (χ1v) is 9.23. The second-order valence-corrected chi connectivity index (χ2v) is 7.13. The smallest absolute Gasteiger partial charge is 0.255 e. The average molecular weight is 361 g/mol. The van der Waals surface area contributed by atoms with Crippen LogP contribution in [0.5, 0.6) is 0 Å². The number of carbonyl (C=O) groups excluding carboxylic acids is 1. The highest BCUT2D eigenvalue weighted by Gasteiger charge is 2.28. The van der Waals surface area contributed by atoms with Crippen LogP contribution in [0.2, 0.25) is 0 Å². The third-order valence-electron chi connectivity index (χ3n) is 5.18. The van der Waals surface area contributed by atoms with Gasteiger partial charge in [0.2, 0.25) is 0 Å². The van der Waals surface area contributed by atoms with Crippen molar-refractivity contribution in [1.29, 1.82) is 0 Å². The van der Waals surface area contributed by atoms with Crippen LogP contribution in [-0.4, -0.2) is 39.1 Å². The lowest BCUT2D eigenvalue weighted by molar-refractivity contribution is 0.0705. The number of nitrogens with zero attached hydrogens (tertiary/aromatic N) is 3. The summed E-state index contributed by atoms with van der Waals surface area (Å²) in [6.45, 7) is 3.51. The molecule has 1 aromatic carbocycles. The maximum Gasteiger partial charge on any atom is 0.255 e. The van der Waals surface area contributed by atoms with Crippen LogP contribution in [0.1, 0.15) is 40.4 Å². The van der Waals surface area contributed by atoms with Crippen molar-refractivity contribution < 1.29 is 4.79 Å². The molecule has 3 heterocycles. The van der Waals surface area contributed by atoms with E-state index in [4.69, 9.17) is 5.73 Å². The zero-order chi connectivity index (χ0) is 18.8. The second-order valence-electron chi connectivity index (χ2n) is 7.13. The summed E-state index contributed by atoms with van der Waals surface area (Å²) < 4.78 is 0. The number of piperidine rings is 1. The molecule has 138 valence electrons. The van der Waals surface area contributed by atoms with Crippen molar-refractivity contribution >= 4 is 11.7 Å². The number of carbonyl (C=O) groups is 1. The number of nitrogen functional groups attached to an aromatic ring is 1. The van der Waals surface area contributed by atoms with Crippen LogP contribution in [0.15, 0.2) is 48.8 Å². The van der Waals surface area contributed by atoms with Crippen LogP contribution >= 0.6 is 0 Å². The lowest BCUT2D eigenvalue weighted by Gasteiger charge is -2.32. The number of aromatic amines is 1. The maximum absolute atomic E-state index is 12.8. The van der Waals surface area contributed by atoms with Gasteiger partial charge in [0, 0.05) is 36.5 Å². The Morgan fingerprint density at radius 3 is 2.74 bits per heavy atom. The molecule has 1 saturated heterocycles. The Kier molecular flexibility index (Phi) is 4.62. The van der Waals surface area contributed by atoms with Crippen molar-refractivity contribution in [3.63, 3.8) is 0 Å². The van der Waals surface area contributed by atoms with E-state index in [1.54, 1.807) is 18.3 Å². The number of hydrogen-bond acceptors (Lipinski definition) is 4. The Morgan fingerprint density at radius 2 is 2.00 bits per heavy atom. The molecule has 1 aliphatic heterocycles. The number of amides is 1. The number of nitrogens with one attached hydrogen (secondary N) is 1. The van der Waals surface area contributed by atoms with Crippen LogP contribution in [-0.2, 0) is 0 Å². The molecule has 0 radical (unpaired) electrons. The molecular formula is C21H23N5O. The Labute approximate surface area is 158 Å². The Balaban J connectivity index is 1.55. The van der Waals surface area contributed by atoms with Gasteiger partial charge in [0.05, 0.1) is 11.8 Å². The van der Waals surface area contributed by atoms with Gasteiger partial charge in [-0.1, -0.05) is 29.8 Å². The molecule has 0 saturated carbocycles. The van der Waals surface area contributed by atoms with Gasteiger partial charge in [-0.2, -0.15) is 5.10 Å². The zero-order valence-corrected chi connectivity index (χ0v) is 15.4. The van der Waals surface area contributed by atoms with Gasteiger partial charge < -0.3 is 10.6 Å². The van der Waals surface area contributed by atoms with E-state index in [1.807, 2.05) is 11.1 Å². The first-order valence-electron chi connectivity index (χ1n) is 9.23. The van der Waals surface area contributed by atoms with E-state index < -0.39 is 0 Å². The number of anilines is 1. The van der Waals surface area contributed by atoms with Gasteiger partial charge in [0.1, 0.15) is 5.82 Å². The molecule has 1 fully saturated rings. The van der Waals surface area contributed by atoms with Gasteiger partial charge in [-0.05, 0) is 37.5 Å². The maximum atomic E-state index is 12.8. The van der Waals surface area contributed by atoms with Crippen molar-refractivity contribution in [3.8, 4) is 11.1 Å². The van der Waals surface area contributed by atoms with E-state index in [1.165, 1.54) is 5.56 Å². The first kappa shape index (κ1) is 17.3. The number of benzene rings is 1. The molecule has 3 N–H and O–H groups in total. The molecule has 27 heavy (non-hydrogen) atoms.